The second-order valence-corrected chi connectivity index (χ2v) is 8.59. The van der Waals surface area contributed by atoms with Crippen LogP contribution in [0.4, 0.5) is 0 Å². The fourth-order valence-corrected chi connectivity index (χ4v) is 4.23. The molecule has 7 nitrogen and oxygen atoms in total. The Bertz CT molecular complexity index is 519. The molecule has 0 aromatic carbocycles. The molecule has 3 aliphatic rings. The Hall–Kier alpha value is -1.18. The van der Waals surface area contributed by atoms with Gasteiger partial charge in [-0.05, 0) is 37.5 Å². The Morgan fingerprint density at radius 3 is 2.31 bits per heavy atom. The first-order valence-corrected chi connectivity index (χ1v) is 10.00. The van der Waals surface area contributed by atoms with E-state index in [1.54, 1.807) is 4.90 Å². The molecule has 0 aromatic rings. The van der Waals surface area contributed by atoms with Crippen molar-refractivity contribution in [1.82, 2.24) is 15.3 Å². The number of hydrogen-bond donors (Lipinski definition) is 1. The van der Waals surface area contributed by atoms with E-state index in [4.69, 9.17) is 9.57 Å². The van der Waals surface area contributed by atoms with Crippen LogP contribution in [0.5, 0.6) is 0 Å². The third kappa shape index (κ3) is 4.05. The van der Waals surface area contributed by atoms with Crippen molar-refractivity contribution in [2.75, 3.05) is 19.8 Å². The summed E-state index contributed by atoms with van der Waals surface area (Å²) >= 11 is 0. The normalized spacial score (nSPS) is 31.1. The molecule has 0 spiro atoms. The van der Waals surface area contributed by atoms with Gasteiger partial charge in [-0.3, -0.25) is 14.4 Å². The minimum Gasteiger partial charge on any atom is -0.381 e. The van der Waals surface area contributed by atoms with Gasteiger partial charge >= 0.3 is 0 Å². The van der Waals surface area contributed by atoms with Gasteiger partial charge in [0.2, 0.25) is 5.91 Å². The maximum absolute atomic E-state index is 13.3. The minimum absolute atomic E-state index is 0.0481. The first kappa shape index (κ1) is 19.6. The molecule has 3 fully saturated rings. The number of hydrogen-bond acceptors (Lipinski definition) is 5. The van der Waals surface area contributed by atoms with E-state index in [9.17, 15) is 9.59 Å². The van der Waals surface area contributed by atoms with Crippen molar-refractivity contribution >= 4 is 11.8 Å². The van der Waals surface area contributed by atoms with Crippen molar-refractivity contribution in [3.05, 3.63) is 0 Å². The van der Waals surface area contributed by atoms with Crippen LogP contribution in [-0.4, -0.2) is 65.7 Å². The van der Waals surface area contributed by atoms with Crippen LogP contribution in [0.2, 0.25) is 0 Å². The van der Waals surface area contributed by atoms with Gasteiger partial charge in [-0.15, -0.1) is 0 Å². The summed E-state index contributed by atoms with van der Waals surface area (Å²) in [7, 11) is 0. The highest BCUT2D eigenvalue weighted by molar-refractivity contribution is 5.91. The summed E-state index contributed by atoms with van der Waals surface area (Å²) in [6.45, 7) is 10.2. The molecule has 1 N–H and O–H groups in total. The lowest BCUT2D eigenvalue weighted by atomic mass is 9.94. The molecule has 0 aliphatic carbocycles. The fourth-order valence-electron chi connectivity index (χ4n) is 4.23. The zero-order valence-electron chi connectivity index (χ0n) is 16.4. The lowest BCUT2D eigenvalue weighted by Gasteiger charge is -2.52. The molecule has 3 heterocycles. The lowest BCUT2D eigenvalue weighted by molar-refractivity contribution is -0.202. The van der Waals surface area contributed by atoms with Crippen molar-refractivity contribution < 1.29 is 19.2 Å². The quantitative estimate of drug-likeness (QED) is 0.798. The van der Waals surface area contributed by atoms with Crippen molar-refractivity contribution in [1.29, 1.82) is 0 Å². The molecule has 7 heteroatoms. The number of amides is 2. The molecule has 26 heavy (non-hydrogen) atoms. The number of piperazine rings is 1. The highest BCUT2D eigenvalue weighted by atomic mass is 16.7. The fraction of sp³-hybridized carbons (Fsp3) is 0.895. The number of ether oxygens (including phenoxy) is 1. The van der Waals surface area contributed by atoms with Gasteiger partial charge in [0, 0.05) is 19.3 Å². The number of hydroxylamine groups is 1. The first-order valence-electron chi connectivity index (χ1n) is 10.00. The number of rotatable bonds is 5. The average Bonchev–Trinajstić information content (AvgIpc) is 2.59. The van der Waals surface area contributed by atoms with Gasteiger partial charge in [0.05, 0.1) is 6.54 Å². The SMILES string of the molecule is CC(C)C[C@H]1ONC2CN(C3CCOCC3)C(=O)[C@H](CC(C)C)N2C1=O. The minimum atomic E-state index is -0.511. The molecule has 0 aromatic heterocycles. The Morgan fingerprint density at radius 2 is 1.69 bits per heavy atom. The molecule has 0 bridgehead atoms. The van der Waals surface area contributed by atoms with Crippen LogP contribution in [0.15, 0.2) is 0 Å². The average molecular weight is 367 g/mol. The monoisotopic (exact) mass is 367 g/mol. The summed E-state index contributed by atoms with van der Waals surface area (Å²) in [6, 6.07) is -0.214. The van der Waals surface area contributed by atoms with Crippen LogP contribution in [0, 0.1) is 11.8 Å². The molecule has 148 valence electrons. The zero-order chi connectivity index (χ0) is 18.8. The van der Waals surface area contributed by atoms with E-state index in [-0.39, 0.29) is 24.0 Å². The van der Waals surface area contributed by atoms with E-state index in [0.29, 0.717) is 44.4 Å². The number of nitrogens with zero attached hydrogens (tertiary/aromatic N) is 2. The van der Waals surface area contributed by atoms with E-state index >= 15 is 0 Å². The van der Waals surface area contributed by atoms with Gasteiger partial charge in [-0.25, -0.2) is 0 Å². The topological polar surface area (TPSA) is 71.1 Å². The number of carbonyl (C=O) groups is 2. The number of carbonyl (C=O) groups excluding carboxylic acids is 2. The van der Waals surface area contributed by atoms with Crippen molar-refractivity contribution in [3.8, 4) is 0 Å². The standard InChI is InChI=1S/C19H33N3O4/c1-12(2)9-15-18(23)21(14-5-7-25-8-6-14)11-17-20-26-16(10-13(3)4)19(24)22(15)17/h12-17,20H,5-11H2,1-4H3/t15-,16+,17?/m0/s1. The third-order valence-electron chi connectivity index (χ3n) is 5.50. The number of fused-ring (bicyclic) bond motifs is 1. The highest BCUT2D eigenvalue weighted by Crippen LogP contribution is 2.30. The van der Waals surface area contributed by atoms with Gasteiger partial charge in [0.25, 0.3) is 5.91 Å². The second kappa shape index (κ2) is 8.23. The smallest absolute Gasteiger partial charge is 0.255 e. The van der Waals surface area contributed by atoms with Crippen LogP contribution >= 0.6 is 0 Å². The van der Waals surface area contributed by atoms with Crippen LogP contribution in [-0.2, 0) is 19.2 Å². The molecule has 3 saturated heterocycles. The Morgan fingerprint density at radius 1 is 1.04 bits per heavy atom. The van der Waals surface area contributed by atoms with Crippen LogP contribution in [0.1, 0.15) is 53.4 Å². The first-order chi connectivity index (χ1) is 12.4. The molecule has 0 radical (unpaired) electrons. The van der Waals surface area contributed by atoms with E-state index in [2.05, 4.69) is 33.2 Å². The summed E-state index contributed by atoms with van der Waals surface area (Å²) in [5.41, 5.74) is 3.08. The van der Waals surface area contributed by atoms with Gasteiger partial charge in [-0.2, -0.15) is 5.48 Å². The summed E-state index contributed by atoms with van der Waals surface area (Å²) in [6.07, 6.45) is 2.27. The van der Waals surface area contributed by atoms with Crippen LogP contribution < -0.4 is 5.48 Å². The number of nitrogens with one attached hydrogen (secondary N) is 1. The van der Waals surface area contributed by atoms with Crippen molar-refractivity contribution in [3.63, 3.8) is 0 Å². The summed E-state index contributed by atoms with van der Waals surface area (Å²) in [5, 5.41) is 0. The summed E-state index contributed by atoms with van der Waals surface area (Å²) < 4.78 is 5.45. The van der Waals surface area contributed by atoms with Gasteiger partial charge in [-0.1, -0.05) is 27.7 Å². The van der Waals surface area contributed by atoms with Gasteiger partial charge in [0.15, 0.2) is 6.10 Å². The predicted octanol–water partition coefficient (Wildman–Crippen LogP) is 1.53. The molecule has 2 amide bonds. The molecule has 3 atom stereocenters. The lowest BCUT2D eigenvalue weighted by Crippen LogP contribution is -2.73. The third-order valence-corrected chi connectivity index (χ3v) is 5.50. The van der Waals surface area contributed by atoms with E-state index in [1.165, 1.54) is 0 Å². The largest absolute Gasteiger partial charge is 0.381 e. The van der Waals surface area contributed by atoms with Crippen LogP contribution in [0.25, 0.3) is 0 Å². The maximum Gasteiger partial charge on any atom is 0.255 e. The Kier molecular flexibility index (Phi) is 6.20. The van der Waals surface area contributed by atoms with Crippen molar-refractivity contribution in [2.24, 2.45) is 11.8 Å². The second-order valence-electron chi connectivity index (χ2n) is 8.59. The van der Waals surface area contributed by atoms with Gasteiger partial charge < -0.3 is 14.5 Å². The van der Waals surface area contributed by atoms with Gasteiger partial charge in [0.1, 0.15) is 12.2 Å². The van der Waals surface area contributed by atoms with E-state index < -0.39 is 12.1 Å². The Balaban J connectivity index is 1.81. The highest BCUT2D eigenvalue weighted by Gasteiger charge is 2.49. The summed E-state index contributed by atoms with van der Waals surface area (Å²) in [5.74, 6) is 0.721. The zero-order valence-corrected chi connectivity index (χ0v) is 16.4. The van der Waals surface area contributed by atoms with E-state index in [1.807, 2.05) is 4.90 Å². The van der Waals surface area contributed by atoms with E-state index in [0.717, 1.165) is 12.8 Å². The van der Waals surface area contributed by atoms with Crippen molar-refractivity contribution in [2.45, 2.75) is 77.7 Å². The molecule has 1 unspecified atom stereocenters. The predicted molar refractivity (Wildman–Crippen MR) is 96.9 cm³/mol. The summed E-state index contributed by atoms with van der Waals surface area (Å²) in [4.78, 5) is 35.8. The molecule has 3 aliphatic heterocycles. The Labute approximate surface area is 156 Å². The molecule has 3 rings (SSSR count). The molecular weight excluding hydrogens is 334 g/mol. The molecule has 0 saturated carbocycles. The maximum atomic E-state index is 13.3. The van der Waals surface area contributed by atoms with Crippen LogP contribution in [0.3, 0.4) is 0 Å². The molecular formula is C19H33N3O4.